The predicted octanol–water partition coefficient (Wildman–Crippen LogP) is 7.89. The molecule has 1 heterocycles. The molecule has 5 aromatic rings. The van der Waals surface area contributed by atoms with Crippen LogP contribution in [0.25, 0.3) is 27.9 Å². The minimum atomic E-state index is -2.18. The SMILES string of the molecule is CC1(C)C=CC(c2ccc(C(Cc3ccc(C(O)NCCS(=O)[O-])cc3)C(=O)Nc3ccc(-c4cc5ccccc5o4)cc3)cc2)=CC1. The van der Waals surface area contributed by atoms with Crippen LogP contribution >= 0.6 is 0 Å². The zero-order valence-corrected chi connectivity index (χ0v) is 27.8. The van der Waals surface area contributed by atoms with E-state index in [4.69, 9.17) is 4.42 Å². The van der Waals surface area contributed by atoms with E-state index in [9.17, 15) is 18.7 Å². The van der Waals surface area contributed by atoms with Crippen LogP contribution in [0.15, 0.2) is 126 Å². The van der Waals surface area contributed by atoms with Gasteiger partial charge < -0.3 is 19.4 Å². The first-order valence-corrected chi connectivity index (χ1v) is 17.3. The number of furan rings is 1. The predicted molar refractivity (Wildman–Crippen MR) is 192 cm³/mol. The van der Waals surface area contributed by atoms with E-state index in [1.54, 1.807) is 12.1 Å². The Kier molecular flexibility index (Phi) is 10.2. The molecule has 0 radical (unpaired) electrons. The van der Waals surface area contributed by atoms with Crippen molar-refractivity contribution in [2.45, 2.75) is 38.8 Å². The van der Waals surface area contributed by atoms with Gasteiger partial charge in [-0.2, -0.15) is 0 Å². The van der Waals surface area contributed by atoms with Crippen LogP contribution in [0.1, 0.15) is 54.7 Å². The quantitative estimate of drug-likeness (QED) is 0.0927. The van der Waals surface area contributed by atoms with E-state index in [0.717, 1.165) is 45.4 Å². The fourth-order valence-electron chi connectivity index (χ4n) is 5.85. The van der Waals surface area contributed by atoms with Gasteiger partial charge in [0.05, 0.1) is 5.92 Å². The summed E-state index contributed by atoms with van der Waals surface area (Å²) in [7, 11) is 0. The van der Waals surface area contributed by atoms with Crippen LogP contribution in [0.4, 0.5) is 5.69 Å². The van der Waals surface area contributed by atoms with Crippen molar-refractivity contribution < 1.29 is 23.1 Å². The maximum Gasteiger partial charge on any atom is 0.232 e. The number of anilines is 1. The number of aliphatic hydroxyl groups excluding tert-OH is 1. The maximum atomic E-state index is 13.9. The van der Waals surface area contributed by atoms with Crippen LogP contribution in [0.2, 0.25) is 0 Å². The zero-order chi connectivity index (χ0) is 33.7. The molecule has 1 amide bonds. The number of nitrogens with one attached hydrogen (secondary N) is 2. The van der Waals surface area contributed by atoms with E-state index < -0.39 is 23.2 Å². The maximum absolute atomic E-state index is 13.9. The van der Waals surface area contributed by atoms with E-state index in [1.165, 1.54) is 5.57 Å². The normalized spacial score (nSPS) is 15.9. The standard InChI is InChI=1S/C40H40N2O5S/c1-40(2)21-19-29(20-22-40)28-11-13-30(14-12-28)35(25-27-7-9-32(10-8-27)38(43)41-23-24-48(45)46)39(44)42-34-17-15-31(16-18-34)37-26-33-5-3-4-6-36(33)47-37/h3-21,26,35,38,41,43H,22-25H2,1-2H3,(H,42,44)(H,45,46)/p-1. The molecule has 4 aromatic carbocycles. The first-order chi connectivity index (χ1) is 23.1. The van der Waals surface area contributed by atoms with Crippen molar-refractivity contribution in [2.75, 3.05) is 17.6 Å². The third kappa shape index (κ3) is 8.27. The van der Waals surface area contributed by atoms with Crippen molar-refractivity contribution in [1.82, 2.24) is 5.32 Å². The Morgan fingerprint density at radius 2 is 1.62 bits per heavy atom. The average molecular weight is 660 g/mol. The van der Waals surface area contributed by atoms with E-state index in [1.807, 2.05) is 78.9 Å². The molecular weight excluding hydrogens is 621 g/mol. The molecule has 0 bridgehead atoms. The molecule has 0 saturated heterocycles. The van der Waals surface area contributed by atoms with E-state index >= 15 is 0 Å². The summed E-state index contributed by atoms with van der Waals surface area (Å²) in [5.41, 5.74) is 7.30. The molecule has 8 heteroatoms. The molecule has 0 spiro atoms. The molecule has 6 rings (SSSR count). The summed E-state index contributed by atoms with van der Waals surface area (Å²) >= 11 is -2.18. The molecule has 0 fully saturated rings. The Bertz CT molecular complexity index is 1930. The van der Waals surface area contributed by atoms with Gasteiger partial charge >= 0.3 is 0 Å². The first kappa shape index (κ1) is 33.3. The number of hydrogen-bond donors (Lipinski definition) is 3. The molecule has 48 heavy (non-hydrogen) atoms. The summed E-state index contributed by atoms with van der Waals surface area (Å²) in [4.78, 5) is 13.9. The molecule has 0 saturated carbocycles. The zero-order valence-electron chi connectivity index (χ0n) is 27.0. The summed E-state index contributed by atoms with van der Waals surface area (Å²) in [6.07, 6.45) is 7.09. The Labute approximate surface area is 283 Å². The number of hydrogen-bond acceptors (Lipinski definition) is 6. The summed E-state index contributed by atoms with van der Waals surface area (Å²) in [5, 5.41) is 17.4. The lowest BCUT2D eigenvalue weighted by molar-refractivity contribution is -0.117. The molecule has 7 nitrogen and oxygen atoms in total. The van der Waals surface area contributed by atoms with Crippen LogP contribution in [-0.4, -0.2) is 32.1 Å². The molecule has 3 atom stereocenters. The Hall–Kier alpha value is -4.60. The number of para-hydroxylation sites is 1. The van der Waals surface area contributed by atoms with Crippen LogP contribution in [0, 0.1) is 5.41 Å². The fourth-order valence-corrected chi connectivity index (χ4v) is 6.13. The second-order valence-corrected chi connectivity index (χ2v) is 13.9. The van der Waals surface area contributed by atoms with Gasteiger partial charge in [-0.15, -0.1) is 0 Å². The van der Waals surface area contributed by atoms with E-state index in [2.05, 4.69) is 54.8 Å². The topological polar surface area (TPSA) is 115 Å². The summed E-state index contributed by atoms with van der Waals surface area (Å²) < 4.78 is 27.6. The van der Waals surface area contributed by atoms with Gasteiger partial charge in [-0.25, -0.2) is 0 Å². The Balaban J connectivity index is 1.20. The van der Waals surface area contributed by atoms with E-state index in [-0.39, 0.29) is 23.6 Å². The lowest BCUT2D eigenvalue weighted by atomic mass is 9.82. The summed E-state index contributed by atoms with van der Waals surface area (Å²) in [6, 6.07) is 33.1. The molecule has 1 aliphatic carbocycles. The van der Waals surface area contributed by atoms with Crippen molar-refractivity contribution >= 4 is 39.2 Å². The van der Waals surface area contributed by atoms with Gasteiger partial charge in [0.1, 0.15) is 17.6 Å². The smallest absolute Gasteiger partial charge is 0.232 e. The van der Waals surface area contributed by atoms with Crippen molar-refractivity contribution in [1.29, 1.82) is 0 Å². The van der Waals surface area contributed by atoms with Crippen LogP contribution in [-0.2, 0) is 22.3 Å². The molecule has 0 aliphatic heterocycles. The first-order valence-electron chi connectivity index (χ1n) is 16.1. The molecule has 3 N–H and O–H groups in total. The van der Waals surface area contributed by atoms with Crippen molar-refractivity contribution in [2.24, 2.45) is 5.41 Å². The van der Waals surface area contributed by atoms with E-state index in [0.29, 0.717) is 17.7 Å². The molecule has 1 aliphatic rings. The van der Waals surface area contributed by atoms with Crippen molar-refractivity contribution in [3.05, 3.63) is 144 Å². The van der Waals surface area contributed by atoms with Gasteiger partial charge in [0.15, 0.2) is 0 Å². The third-order valence-electron chi connectivity index (χ3n) is 8.73. The number of aliphatic hydroxyl groups is 1. The van der Waals surface area contributed by atoms with Gasteiger partial charge in [0.2, 0.25) is 5.91 Å². The monoisotopic (exact) mass is 659 g/mol. The highest BCUT2D eigenvalue weighted by atomic mass is 32.2. The van der Waals surface area contributed by atoms with Crippen molar-refractivity contribution in [3.8, 4) is 11.3 Å². The fraction of sp³-hybridized carbons (Fsp3) is 0.225. The lowest BCUT2D eigenvalue weighted by Crippen LogP contribution is -2.25. The summed E-state index contributed by atoms with van der Waals surface area (Å²) in [5.74, 6) is 0.0699. The highest BCUT2D eigenvalue weighted by molar-refractivity contribution is 7.79. The number of benzene rings is 4. The van der Waals surface area contributed by atoms with Crippen LogP contribution < -0.4 is 10.6 Å². The highest BCUT2D eigenvalue weighted by Crippen LogP contribution is 2.33. The van der Waals surface area contributed by atoms with Crippen molar-refractivity contribution in [3.63, 3.8) is 0 Å². The number of fused-ring (bicyclic) bond motifs is 1. The van der Waals surface area contributed by atoms with Crippen LogP contribution in [0.3, 0.4) is 0 Å². The van der Waals surface area contributed by atoms with Gasteiger partial charge in [-0.1, -0.05) is 110 Å². The number of carbonyl (C=O) groups is 1. The Morgan fingerprint density at radius 3 is 2.29 bits per heavy atom. The number of rotatable bonds is 12. The van der Waals surface area contributed by atoms with Gasteiger partial charge in [-0.3, -0.25) is 14.3 Å². The molecule has 1 aromatic heterocycles. The number of allylic oxidation sites excluding steroid dienone is 4. The Morgan fingerprint density at radius 1 is 0.938 bits per heavy atom. The number of amides is 1. The second-order valence-electron chi connectivity index (χ2n) is 12.9. The minimum Gasteiger partial charge on any atom is -0.772 e. The third-order valence-corrected chi connectivity index (χ3v) is 9.27. The molecular formula is C40H39N2O5S-. The summed E-state index contributed by atoms with van der Waals surface area (Å²) in [6.45, 7) is 4.58. The number of carbonyl (C=O) groups excluding carboxylic acids is 1. The van der Waals surface area contributed by atoms with Gasteiger partial charge in [-0.05, 0) is 82.5 Å². The lowest BCUT2D eigenvalue weighted by Gasteiger charge is -2.23. The van der Waals surface area contributed by atoms with Crippen LogP contribution in [0.5, 0.6) is 0 Å². The van der Waals surface area contributed by atoms with Gasteiger partial charge in [0, 0.05) is 28.9 Å². The molecule has 246 valence electrons. The van der Waals surface area contributed by atoms with Gasteiger partial charge in [0.25, 0.3) is 0 Å². The molecule has 3 unspecified atom stereocenters. The average Bonchev–Trinajstić information content (AvgIpc) is 3.52. The minimum absolute atomic E-state index is 0.0844. The largest absolute Gasteiger partial charge is 0.772 e. The highest BCUT2D eigenvalue weighted by Gasteiger charge is 2.23. The second kappa shape index (κ2) is 14.7.